The van der Waals surface area contributed by atoms with Gasteiger partial charge in [-0.2, -0.15) is 0 Å². The first kappa shape index (κ1) is 11.5. The Morgan fingerprint density at radius 3 is 2.50 bits per heavy atom. The number of hydrogen-bond donors (Lipinski definition) is 2. The lowest BCUT2D eigenvalue weighted by atomic mass is 9.87. The molecule has 0 aromatic heterocycles. The Labute approximate surface area is 86.4 Å². The fourth-order valence-corrected chi connectivity index (χ4v) is 1.31. The van der Waals surface area contributed by atoms with Gasteiger partial charge < -0.3 is 11.1 Å². The van der Waals surface area contributed by atoms with Crippen molar-refractivity contribution in [3.63, 3.8) is 0 Å². The number of rotatable bonds is 4. The standard InChI is InChI=1S/C11H22N2O/c1-11(2,3)9(12)10(14)13-7-6-8-4-5-8/h8-9H,4-7,12H2,1-3H3,(H,13,14). The minimum atomic E-state index is -0.401. The van der Waals surface area contributed by atoms with E-state index in [0.29, 0.717) is 0 Å². The van der Waals surface area contributed by atoms with Gasteiger partial charge in [0.25, 0.3) is 0 Å². The molecule has 3 heteroatoms. The first-order chi connectivity index (χ1) is 6.41. The molecule has 14 heavy (non-hydrogen) atoms. The molecule has 0 aromatic carbocycles. The van der Waals surface area contributed by atoms with Crippen LogP contribution in [0.25, 0.3) is 0 Å². The van der Waals surface area contributed by atoms with Crippen LogP contribution in [-0.4, -0.2) is 18.5 Å². The van der Waals surface area contributed by atoms with E-state index in [-0.39, 0.29) is 11.3 Å². The van der Waals surface area contributed by atoms with Gasteiger partial charge in [-0.05, 0) is 17.8 Å². The van der Waals surface area contributed by atoms with Crippen molar-refractivity contribution in [2.24, 2.45) is 17.1 Å². The molecule has 0 aromatic rings. The molecule has 3 nitrogen and oxygen atoms in total. The third-order valence-corrected chi connectivity index (χ3v) is 2.76. The Bertz CT molecular complexity index is 204. The smallest absolute Gasteiger partial charge is 0.237 e. The number of nitrogens with one attached hydrogen (secondary N) is 1. The van der Waals surface area contributed by atoms with Gasteiger partial charge in [0, 0.05) is 6.54 Å². The molecule has 1 aliphatic rings. The third-order valence-electron chi connectivity index (χ3n) is 2.76. The fourth-order valence-electron chi connectivity index (χ4n) is 1.31. The highest BCUT2D eigenvalue weighted by atomic mass is 16.2. The zero-order valence-electron chi connectivity index (χ0n) is 9.47. The van der Waals surface area contributed by atoms with Gasteiger partial charge in [0.2, 0.25) is 5.91 Å². The molecule has 1 atom stereocenters. The van der Waals surface area contributed by atoms with E-state index in [1.807, 2.05) is 20.8 Å². The Hall–Kier alpha value is -0.570. The minimum absolute atomic E-state index is 0.0156. The van der Waals surface area contributed by atoms with Gasteiger partial charge in [0.1, 0.15) is 0 Å². The van der Waals surface area contributed by atoms with E-state index in [2.05, 4.69) is 5.32 Å². The lowest BCUT2D eigenvalue weighted by Crippen LogP contribution is -2.48. The molecular formula is C11H22N2O. The van der Waals surface area contributed by atoms with Gasteiger partial charge in [-0.3, -0.25) is 4.79 Å². The average Bonchev–Trinajstić information content (AvgIpc) is 2.85. The van der Waals surface area contributed by atoms with E-state index in [9.17, 15) is 4.79 Å². The summed E-state index contributed by atoms with van der Waals surface area (Å²) >= 11 is 0. The van der Waals surface area contributed by atoms with Crippen molar-refractivity contribution in [1.29, 1.82) is 0 Å². The molecule has 0 heterocycles. The molecule has 0 aliphatic heterocycles. The monoisotopic (exact) mass is 198 g/mol. The highest BCUT2D eigenvalue weighted by Gasteiger charge is 2.27. The summed E-state index contributed by atoms with van der Waals surface area (Å²) in [4.78, 5) is 11.6. The Kier molecular flexibility index (Phi) is 3.53. The van der Waals surface area contributed by atoms with Crippen molar-refractivity contribution in [2.75, 3.05) is 6.54 Å². The van der Waals surface area contributed by atoms with E-state index in [1.165, 1.54) is 12.8 Å². The van der Waals surface area contributed by atoms with Crippen molar-refractivity contribution in [3.8, 4) is 0 Å². The molecule has 0 radical (unpaired) electrons. The lowest BCUT2D eigenvalue weighted by Gasteiger charge is -2.25. The molecule has 0 spiro atoms. The second-order valence-corrected chi connectivity index (χ2v) is 5.37. The Morgan fingerprint density at radius 2 is 2.07 bits per heavy atom. The largest absolute Gasteiger partial charge is 0.355 e. The van der Waals surface area contributed by atoms with Crippen LogP contribution in [0.15, 0.2) is 0 Å². The second kappa shape index (κ2) is 4.30. The third kappa shape index (κ3) is 3.66. The average molecular weight is 198 g/mol. The summed E-state index contributed by atoms with van der Waals surface area (Å²) in [6.45, 7) is 6.74. The van der Waals surface area contributed by atoms with Gasteiger partial charge in [-0.1, -0.05) is 33.6 Å². The van der Waals surface area contributed by atoms with Crippen molar-refractivity contribution in [1.82, 2.24) is 5.32 Å². The zero-order valence-corrected chi connectivity index (χ0v) is 9.47. The van der Waals surface area contributed by atoms with Crippen LogP contribution in [0.1, 0.15) is 40.0 Å². The van der Waals surface area contributed by atoms with Crippen LogP contribution in [0.5, 0.6) is 0 Å². The lowest BCUT2D eigenvalue weighted by molar-refractivity contribution is -0.124. The quantitative estimate of drug-likeness (QED) is 0.715. The van der Waals surface area contributed by atoms with E-state index >= 15 is 0 Å². The topological polar surface area (TPSA) is 55.1 Å². The summed E-state index contributed by atoms with van der Waals surface area (Å²) in [6, 6.07) is -0.401. The molecule has 3 N–H and O–H groups in total. The zero-order chi connectivity index (χ0) is 10.8. The van der Waals surface area contributed by atoms with Gasteiger partial charge in [-0.25, -0.2) is 0 Å². The van der Waals surface area contributed by atoms with Crippen LogP contribution in [-0.2, 0) is 4.79 Å². The van der Waals surface area contributed by atoms with Crippen LogP contribution in [0.2, 0.25) is 0 Å². The highest BCUT2D eigenvalue weighted by molar-refractivity contribution is 5.82. The van der Waals surface area contributed by atoms with E-state index in [1.54, 1.807) is 0 Å². The van der Waals surface area contributed by atoms with Gasteiger partial charge in [0.05, 0.1) is 6.04 Å². The van der Waals surface area contributed by atoms with Crippen LogP contribution >= 0.6 is 0 Å². The summed E-state index contributed by atoms with van der Waals surface area (Å²) in [5, 5.41) is 2.90. The van der Waals surface area contributed by atoms with Crippen LogP contribution in [0.3, 0.4) is 0 Å². The maximum Gasteiger partial charge on any atom is 0.237 e. The maximum atomic E-state index is 11.6. The van der Waals surface area contributed by atoms with Gasteiger partial charge in [0.15, 0.2) is 0 Å². The summed E-state index contributed by atoms with van der Waals surface area (Å²) < 4.78 is 0. The molecule has 1 aliphatic carbocycles. The molecule has 1 unspecified atom stereocenters. The Morgan fingerprint density at radius 1 is 1.50 bits per heavy atom. The molecule has 1 fully saturated rings. The highest BCUT2D eigenvalue weighted by Crippen LogP contribution is 2.31. The SMILES string of the molecule is CC(C)(C)C(N)C(=O)NCCC1CC1. The Balaban J connectivity index is 2.19. The number of carbonyl (C=O) groups excluding carboxylic acids is 1. The normalized spacial score (nSPS) is 19.1. The minimum Gasteiger partial charge on any atom is -0.355 e. The fraction of sp³-hybridized carbons (Fsp3) is 0.909. The molecule has 0 bridgehead atoms. The van der Waals surface area contributed by atoms with Gasteiger partial charge >= 0.3 is 0 Å². The molecule has 1 rings (SSSR count). The first-order valence-corrected chi connectivity index (χ1v) is 5.44. The number of hydrogen-bond acceptors (Lipinski definition) is 2. The predicted molar refractivity (Wildman–Crippen MR) is 57.8 cm³/mol. The summed E-state index contributed by atoms with van der Waals surface area (Å²) in [6.07, 6.45) is 3.78. The summed E-state index contributed by atoms with van der Waals surface area (Å²) in [5.41, 5.74) is 5.67. The molecule has 1 amide bonds. The van der Waals surface area contributed by atoms with Crippen molar-refractivity contribution >= 4 is 5.91 Å². The maximum absolute atomic E-state index is 11.6. The van der Waals surface area contributed by atoms with Gasteiger partial charge in [-0.15, -0.1) is 0 Å². The van der Waals surface area contributed by atoms with E-state index < -0.39 is 6.04 Å². The molecule has 82 valence electrons. The predicted octanol–water partition coefficient (Wildman–Crippen LogP) is 1.28. The second-order valence-electron chi connectivity index (χ2n) is 5.37. The van der Waals surface area contributed by atoms with Crippen LogP contribution < -0.4 is 11.1 Å². The summed E-state index contributed by atoms with van der Waals surface area (Å²) in [5.74, 6) is 0.847. The van der Waals surface area contributed by atoms with E-state index in [4.69, 9.17) is 5.73 Å². The molecule has 0 saturated heterocycles. The van der Waals surface area contributed by atoms with Crippen molar-refractivity contribution < 1.29 is 4.79 Å². The summed E-state index contributed by atoms with van der Waals surface area (Å²) in [7, 11) is 0. The molecule has 1 saturated carbocycles. The number of amides is 1. The molecular weight excluding hydrogens is 176 g/mol. The van der Waals surface area contributed by atoms with Crippen LogP contribution in [0, 0.1) is 11.3 Å². The number of nitrogens with two attached hydrogens (primary N) is 1. The van der Waals surface area contributed by atoms with Crippen molar-refractivity contribution in [3.05, 3.63) is 0 Å². The van der Waals surface area contributed by atoms with E-state index in [0.717, 1.165) is 18.9 Å². The van der Waals surface area contributed by atoms with Crippen LogP contribution in [0.4, 0.5) is 0 Å². The van der Waals surface area contributed by atoms with Crippen molar-refractivity contribution in [2.45, 2.75) is 46.1 Å². The first-order valence-electron chi connectivity index (χ1n) is 5.44. The number of carbonyl (C=O) groups is 1.